The fourth-order valence-corrected chi connectivity index (χ4v) is 4.89. The van der Waals surface area contributed by atoms with E-state index in [-0.39, 0.29) is 11.6 Å². The van der Waals surface area contributed by atoms with Crippen molar-refractivity contribution in [1.82, 2.24) is 9.78 Å². The van der Waals surface area contributed by atoms with Gasteiger partial charge in [-0.25, -0.2) is 4.68 Å². The molecule has 0 saturated carbocycles. The largest absolute Gasteiger partial charge is 0.289 e. The van der Waals surface area contributed by atoms with E-state index in [9.17, 15) is 9.59 Å². The minimum Gasteiger partial charge on any atom is -0.289 e. The van der Waals surface area contributed by atoms with Crippen LogP contribution in [0.25, 0.3) is 28.1 Å². The van der Waals surface area contributed by atoms with Gasteiger partial charge in [-0.1, -0.05) is 127 Å². The maximum atomic E-state index is 13.7. The van der Waals surface area contributed by atoms with Crippen molar-refractivity contribution in [3.8, 4) is 28.1 Å². The highest BCUT2D eigenvalue weighted by atomic mass is 16.1. The van der Waals surface area contributed by atoms with Gasteiger partial charge in [0.2, 0.25) is 0 Å². The van der Waals surface area contributed by atoms with Crippen molar-refractivity contribution in [3.05, 3.63) is 167 Å². The number of aromatic nitrogens is 2. The first-order chi connectivity index (χ1) is 19.6. The molecule has 0 spiro atoms. The monoisotopic (exact) mass is 518 g/mol. The molecule has 0 fully saturated rings. The van der Waals surface area contributed by atoms with Crippen molar-refractivity contribution in [1.29, 1.82) is 0 Å². The summed E-state index contributed by atoms with van der Waals surface area (Å²) in [6.45, 7) is 2.04. The lowest BCUT2D eigenvalue weighted by Gasteiger charge is -2.12. The van der Waals surface area contributed by atoms with E-state index in [4.69, 9.17) is 5.10 Å². The second kappa shape index (κ2) is 10.8. The summed E-state index contributed by atoms with van der Waals surface area (Å²) in [4.78, 5) is 27.4. The van der Waals surface area contributed by atoms with Crippen LogP contribution in [0.15, 0.2) is 140 Å². The van der Waals surface area contributed by atoms with Crippen molar-refractivity contribution in [2.45, 2.75) is 6.92 Å². The summed E-state index contributed by atoms with van der Waals surface area (Å²) in [5.41, 5.74) is 7.25. The third kappa shape index (κ3) is 4.79. The lowest BCUT2D eigenvalue weighted by Crippen LogP contribution is -2.05. The molecule has 1 aromatic heterocycles. The van der Waals surface area contributed by atoms with Gasteiger partial charge in [0.05, 0.1) is 5.69 Å². The highest BCUT2D eigenvalue weighted by Gasteiger charge is 2.23. The minimum absolute atomic E-state index is 0.0705. The molecule has 0 unspecified atom stereocenters. The van der Waals surface area contributed by atoms with Crippen LogP contribution in [0.2, 0.25) is 0 Å². The summed E-state index contributed by atoms with van der Waals surface area (Å²) in [5.74, 6) is -0.153. The van der Waals surface area contributed by atoms with E-state index in [0.29, 0.717) is 33.5 Å². The maximum absolute atomic E-state index is 13.7. The van der Waals surface area contributed by atoms with Crippen molar-refractivity contribution in [3.63, 3.8) is 0 Å². The molecule has 0 amide bonds. The van der Waals surface area contributed by atoms with Crippen LogP contribution in [-0.4, -0.2) is 21.3 Å². The first kappa shape index (κ1) is 25.0. The summed E-state index contributed by atoms with van der Waals surface area (Å²) in [7, 11) is 0. The Kier molecular flexibility index (Phi) is 6.73. The fourth-order valence-electron chi connectivity index (χ4n) is 4.89. The molecule has 0 saturated heterocycles. The van der Waals surface area contributed by atoms with Gasteiger partial charge in [-0.05, 0) is 24.6 Å². The maximum Gasteiger partial charge on any atom is 0.193 e. The van der Waals surface area contributed by atoms with Crippen LogP contribution in [0.1, 0.15) is 37.4 Å². The molecule has 5 aromatic carbocycles. The highest BCUT2D eigenvalue weighted by Crippen LogP contribution is 2.37. The number of nitrogens with zero attached hydrogens (tertiary/aromatic N) is 2. The van der Waals surface area contributed by atoms with E-state index in [0.717, 1.165) is 22.4 Å². The molecule has 6 rings (SSSR count). The van der Waals surface area contributed by atoms with Crippen LogP contribution in [0.4, 0.5) is 0 Å². The molecule has 0 aliphatic heterocycles. The quantitative estimate of drug-likeness (QED) is 0.201. The van der Waals surface area contributed by atoms with Gasteiger partial charge in [-0.2, -0.15) is 5.10 Å². The molecule has 4 nitrogen and oxygen atoms in total. The molecule has 0 aliphatic carbocycles. The van der Waals surface area contributed by atoms with Crippen LogP contribution >= 0.6 is 0 Å². The summed E-state index contributed by atoms with van der Waals surface area (Å²) < 4.78 is 1.82. The van der Waals surface area contributed by atoms with Gasteiger partial charge >= 0.3 is 0 Å². The Morgan fingerprint density at radius 2 is 1.00 bits per heavy atom. The Hall–Kier alpha value is -5.35. The number of ketones is 2. The Morgan fingerprint density at radius 1 is 0.525 bits per heavy atom. The average molecular weight is 519 g/mol. The SMILES string of the molecule is Cc1ccc(-n2cc(-c3ccccc3C(=O)c3ccccc3)c(-c3ccccc3C(=O)c3ccccc3)n2)cc1. The molecule has 0 atom stereocenters. The van der Waals surface area contributed by atoms with E-state index in [1.54, 1.807) is 0 Å². The smallest absolute Gasteiger partial charge is 0.193 e. The third-order valence-corrected chi connectivity index (χ3v) is 6.97. The number of hydrogen-bond donors (Lipinski definition) is 0. The van der Waals surface area contributed by atoms with Gasteiger partial charge in [-0.15, -0.1) is 0 Å². The van der Waals surface area contributed by atoms with Crippen molar-refractivity contribution < 1.29 is 9.59 Å². The molecule has 0 radical (unpaired) electrons. The zero-order chi connectivity index (χ0) is 27.5. The van der Waals surface area contributed by atoms with Crippen molar-refractivity contribution >= 4 is 11.6 Å². The van der Waals surface area contributed by atoms with E-state index in [1.807, 2.05) is 151 Å². The standard InChI is InChI=1S/C36H26N2O2/c1-25-20-22-28(23-21-25)38-24-33(29-16-8-10-18-31(29)35(39)26-12-4-2-5-13-26)34(37-38)30-17-9-11-19-32(30)36(40)27-14-6-3-7-15-27/h2-24H,1H3. The second-order valence-corrected chi connectivity index (χ2v) is 9.65. The van der Waals surface area contributed by atoms with Gasteiger partial charge in [0, 0.05) is 39.6 Å². The molecule has 40 heavy (non-hydrogen) atoms. The molecule has 0 bridgehead atoms. The number of carbonyl (C=O) groups excluding carboxylic acids is 2. The Labute approximate surface area is 233 Å². The van der Waals surface area contributed by atoms with Gasteiger partial charge < -0.3 is 0 Å². The van der Waals surface area contributed by atoms with Crippen LogP contribution in [0, 0.1) is 6.92 Å². The number of carbonyl (C=O) groups is 2. The zero-order valence-corrected chi connectivity index (χ0v) is 22.0. The third-order valence-electron chi connectivity index (χ3n) is 6.97. The molecular weight excluding hydrogens is 492 g/mol. The van der Waals surface area contributed by atoms with Crippen molar-refractivity contribution in [2.24, 2.45) is 0 Å². The number of aryl methyl sites for hydroxylation is 1. The van der Waals surface area contributed by atoms with E-state index < -0.39 is 0 Å². The van der Waals surface area contributed by atoms with Gasteiger partial charge in [0.15, 0.2) is 11.6 Å². The molecule has 1 heterocycles. The molecule has 0 aliphatic rings. The number of hydrogen-bond acceptors (Lipinski definition) is 3. The van der Waals surface area contributed by atoms with Crippen LogP contribution < -0.4 is 0 Å². The van der Waals surface area contributed by atoms with Crippen LogP contribution in [-0.2, 0) is 0 Å². The van der Waals surface area contributed by atoms with Crippen LogP contribution in [0.5, 0.6) is 0 Å². The fraction of sp³-hybridized carbons (Fsp3) is 0.0278. The molecule has 6 aromatic rings. The Bertz CT molecular complexity index is 1710. The summed E-state index contributed by atoms with van der Waals surface area (Å²) >= 11 is 0. The zero-order valence-electron chi connectivity index (χ0n) is 22.0. The summed E-state index contributed by atoms with van der Waals surface area (Å²) in [6, 6.07) is 41.7. The number of rotatable bonds is 7. The van der Waals surface area contributed by atoms with E-state index in [2.05, 4.69) is 0 Å². The lowest BCUT2D eigenvalue weighted by atomic mass is 9.90. The summed E-state index contributed by atoms with van der Waals surface area (Å²) in [5, 5.41) is 5.02. The van der Waals surface area contributed by atoms with Gasteiger partial charge in [0.1, 0.15) is 5.69 Å². The van der Waals surface area contributed by atoms with E-state index in [1.165, 1.54) is 0 Å². The average Bonchev–Trinajstić information content (AvgIpc) is 3.47. The number of benzene rings is 5. The molecule has 192 valence electrons. The minimum atomic E-state index is -0.0827. The molecule has 0 N–H and O–H groups in total. The normalized spacial score (nSPS) is 10.8. The van der Waals surface area contributed by atoms with E-state index >= 15 is 0 Å². The first-order valence-electron chi connectivity index (χ1n) is 13.1. The topological polar surface area (TPSA) is 52.0 Å². The van der Waals surface area contributed by atoms with Crippen LogP contribution in [0.3, 0.4) is 0 Å². The van der Waals surface area contributed by atoms with Gasteiger partial charge in [0.25, 0.3) is 0 Å². The molecular formula is C36H26N2O2. The van der Waals surface area contributed by atoms with Crippen molar-refractivity contribution in [2.75, 3.05) is 0 Å². The Balaban J connectivity index is 1.57. The molecule has 4 heteroatoms. The predicted octanol–water partition coefficient (Wildman–Crippen LogP) is 7.98. The Morgan fingerprint density at radius 3 is 1.57 bits per heavy atom. The predicted molar refractivity (Wildman–Crippen MR) is 159 cm³/mol. The summed E-state index contributed by atoms with van der Waals surface area (Å²) in [6.07, 6.45) is 1.95. The lowest BCUT2D eigenvalue weighted by molar-refractivity contribution is 0.103. The first-order valence-corrected chi connectivity index (χ1v) is 13.1. The highest BCUT2D eigenvalue weighted by molar-refractivity contribution is 6.15. The van der Waals surface area contributed by atoms with Gasteiger partial charge in [-0.3, -0.25) is 9.59 Å². The second-order valence-electron chi connectivity index (χ2n) is 9.65.